The molecule has 0 amide bonds. The van der Waals surface area contributed by atoms with E-state index in [9.17, 15) is 4.39 Å². The molecule has 2 nitrogen and oxygen atoms in total. The van der Waals surface area contributed by atoms with Gasteiger partial charge >= 0.3 is 0 Å². The highest BCUT2D eigenvalue weighted by Crippen LogP contribution is 2.26. The van der Waals surface area contributed by atoms with Gasteiger partial charge in [-0.15, -0.1) is 0 Å². The number of rotatable bonds is 4. The molecule has 0 aliphatic heterocycles. The molecule has 0 aliphatic carbocycles. The van der Waals surface area contributed by atoms with Crippen LogP contribution in [0.1, 0.15) is 11.1 Å². The standard InChI is InChI=1S/C15H15BrFNO/c1-10-7-12(4-5-14(10)17)18-9-11-3-6-15(19-2)13(16)8-11/h3-8,18H,9H2,1-2H3. The number of hydrogen-bond acceptors (Lipinski definition) is 2. The molecule has 0 unspecified atom stereocenters. The van der Waals surface area contributed by atoms with Crippen molar-refractivity contribution in [1.29, 1.82) is 0 Å². The number of halogens is 2. The van der Waals surface area contributed by atoms with Gasteiger partial charge in [-0.25, -0.2) is 4.39 Å². The zero-order valence-electron chi connectivity index (χ0n) is 10.8. The molecule has 2 rings (SSSR count). The summed E-state index contributed by atoms with van der Waals surface area (Å²) < 4.78 is 19.3. The minimum absolute atomic E-state index is 0.183. The Kier molecular flexibility index (Phi) is 4.43. The zero-order chi connectivity index (χ0) is 13.8. The molecule has 0 spiro atoms. The smallest absolute Gasteiger partial charge is 0.133 e. The third-order valence-electron chi connectivity index (χ3n) is 2.87. The average molecular weight is 324 g/mol. The van der Waals surface area contributed by atoms with E-state index in [1.807, 2.05) is 18.2 Å². The van der Waals surface area contributed by atoms with E-state index in [1.165, 1.54) is 6.07 Å². The molecule has 2 aromatic rings. The van der Waals surface area contributed by atoms with Crippen LogP contribution in [0.2, 0.25) is 0 Å². The molecule has 0 aromatic heterocycles. The van der Waals surface area contributed by atoms with Crippen molar-refractivity contribution < 1.29 is 9.13 Å². The zero-order valence-corrected chi connectivity index (χ0v) is 12.4. The summed E-state index contributed by atoms with van der Waals surface area (Å²) in [6, 6.07) is 10.9. The second kappa shape index (κ2) is 6.06. The van der Waals surface area contributed by atoms with E-state index in [2.05, 4.69) is 21.2 Å². The van der Waals surface area contributed by atoms with Crippen molar-refractivity contribution in [3.05, 3.63) is 57.8 Å². The van der Waals surface area contributed by atoms with Crippen molar-refractivity contribution in [2.45, 2.75) is 13.5 Å². The summed E-state index contributed by atoms with van der Waals surface area (Å²) in [7, 11) is 1.64. The van der Waals surface area contributed by atoms with Crippen molar-refractivity contribution in [3.8, 4) is 5.75 Å². The minimum atomic E-state index is -0.183. The Hall–Kier alpha value is -1.55. The largest absolute Gasteiger partial charge is 0.496 e. The van der Waals surface area contributed by atoms with Crippen LogP contribution in [-0.2, 0) is 6.54 Å². The van der Waals surface area contributed by atoms with Crippen LogP contribution in [0.4, 0.5) is 10.1 Å². The van der Waals surface area contributed by atoms with Gasteiger partial charge in [-0.3, -0.25) is 0 Å². The van der Waals surface area contributed by atoms with Gasteiger partial charge in [0.2, 0.25) is 0 Å². The molecule has 0 heterocycles. The molecule has 0 atom stereocenters. The SMILES string of the molecule is COc1ccc(CNc2ccc(F)c(C)c2)cc1Br. The first kappa shape index (κ1) is 13.9. The molecule has 2 aromatic carbocycles. The molecular formula is C15H15BrFNO. The van der Waals surface area contributed by atoms with E-state index < -0.39 is 0 Å². The molecule has 0 fully saturated rings. The molecule has 0 bridgehead atoms. The first-order valence-corrected chi connectivity index (χ1v) is 6.72. The number of nitrogens with one attached hydrogen (secondary N) is 1. The predicted octanol–water partition coefficient (Wildman–Crippen LogP) is 4.52. The number of hydrogen-bond donors (Lipinski definition) is 1. The van der Waals surface area contributed by atoms with Gasteiger partial charge in [0.05, 0.1) is 11.6 Å². The summed E-state index contributed by atoms with van der Waals surface area (Å²) in [6.45, 7) is 2.43. The van der Waals surface area contributed by atoms with Crippen LogP contribution < -0.4 is 10.1 Å². The third-order valence-corrected chi connectivity index (χ3v) is 3.49. The van der Waals surface area contributed by atoms with Crippen LogP contribution in [0.3, 0.4) is 0 Å². The number of aryl methyl sites for hydroxylation is 1. The van der Waals surface area contributed by atoms with E-state index >= 15 is 0 Å². The molecule has 4 heteroatoms. The molecule has 0 saturated heterocycles. The van der Waals surface area contributed by atoms with Gasteiger partial charge in [0.1, 0.15) is 11.6 Å². The Morgan fingerprint density at radius 1 is 1.21 bits per heavy atom. The molecule has 100 valence electrons. The van der Waals surface area contributed by atoms with Gasteiger partial charge in [0.15, 0.2) is 0 Å². The van der Waals surface area contributed by atoms with Crippen molar-refractivity contribution in [2.24, 2.45) is 0 Å². The van der Waals surface area contributed by atoms with E-state index in [0.717, 1.165) is 21.5 Å². The number of anilines is 1. The average Bonchev–Trinajstić information content (AvgIpc) is 2.40. The van der Waals surface area contributed by atoms with Crippen LogP contribution in [-0.4, -0.2) is 7.11 Å². The first-order chi connectivity index (χ1) is 9.10. The Balaban J connectivity index is 2.05. The van der Waals surface area contributed by atoms with Crippen LogP contribution in [0, 0.1) is 12.7 Å². The fourth-order valence-corrected chi connectivity index (χ4v) is 2.37. The summed E-state index contributed by atoms with van der Waals surface area (Å²) in [5, 5.41) is 3.27. The number of ether oxygens (including phenoxy) is 1. The molecule has 1 N–H and O–H groups in total. The summed E-state index contributed by atoms with van der Waals surface area (Å²) in [6.07, 6.45) is 0. The molecule has 0 radical (unpaired) electrons. The topological polar surface area (TPSA) is 21.3 Å². The maximum Gasteiger partial charge on any atom is 0.133 e. The van der Waals surface area contributed by atoms with Crippen molar-refractivity contribution in [1.82, 2.24) is 0 Å². The normalized spacial score (nSPS) is 10.3. The second-order valence-corrected chi connectivity index (χ2v) is 5.14. The quantitative estimate of drug-likeness (QED) is 0.893. The molecule has 0 saturated carbocycles. The lowest BCUT2D eigenvalue weighted by atomic mass is 10.2. The van der Waals surface area contributed by atoms with E-state index in [0.29, 0.717) is 12.1 Å². The Morgan fingerprint density at radius 3 is 2.63 bits per heavy atom. The van der Waals surface area contributed by atoms with Gasteiger partial charge in [-0.05, 0) is 64.3 Å². The maximum atomic E-state index is 13.2. The number of methoxy groups -OCH3 is 1. The van der Waals surface area contributed by atoms with Gasteiger partial charge in [0.25, 0.3) is 0 Å². The van der Waals surface area contributed by atoms with Crippen molar-refractivity contribution >= 4 is 21.6 Å². The van der Waals surface area contributed by atoms with Gasteiger partial charge in [-0.1, -0.05) is 6.07 Å². The van der Waals surface area contributed by atoms with Crippen molar-refractivity contribution in [2.75, 3.05) is 12.4 Å². The van der Waals surface area contributed by atoms with Crippen LogP contribution in [0.5, 0.6) is 5.75 Å². The predicted molar refractivity (Wildman–Crippen MR) is 79.2 cm³/mol. The fraction of sp³-hybridized carbons (Fsp3) is 0.200. The number of benzene rings is 2. The van der Waals surface area contributed by atoms with Crippen molar-refractivity contribution in [3.63, 3.8) is 0 Å². The molecule has 19 heavy (non-hydrogen) atoms. The highest BCUT2D eigenvalue weighted by molar-refractivity contribution is 9.10. The monoisotopic (exact) mass is 323 g/mol. The highest BCUT2D eigenvalue weighted by Gasteiger charge is 2.02. The highest BCUT2D eigenvalue weighted by atomic mass is 79.9. The lowest BCUT2D eigenvalue weighted by molar-refractivity contribution is 0.412. The van der Waals surface area contributed by atoms with E-state index in [1.54, 1.807) is 26.2 Å². The van der Waals surface area contributed by atoms with Gasteiger partial charge < -0.3 is 10.1 Å². The Labute approximate surface area is 120 Å². The summed E-state index contributed by atoms with van der Waals surface area (Å²) in [4.78, 5) is 0. The third kappa shape index (κ3) is 3.47. The Bertz CT molecular complexity index is 586. The van der Waals surface area contributed by atoms with Crippen LogP contribution in [0.15, 0.2) is 40.9 Å². The second-order valence-electron chi connectivity index (χ2n) is 4.29. The lowest BCUT2D eigenvalue weighted by Crippen LogP contribution is -2.00. The molecule has 0 aliphatic rings. The summed E-state index contributed by atoms with van der Waals surface area (Å²) in [5.74, 6) is 0.624. The van der Waals surface area contributed by atoms with E-state index in [-0.39, 0.29) is 5.82 Å². The van der Waals surface area contributed by atoms with E-state index in [4.69, 9.17) is 4.74 Å². The minimum Gasteiger partial charge on any atom is -0.496 e. The van der Waals surface area contributed by atoms with Gasteiger partial charge in [0, 0.05) is 12.2 Å². The van der Waals surface area contributed by atoms with Crippen LogP contribution in [0.25, 0.3) is 0 Å². The fourth-order valence-electron chi connectivity index (χ4n) is 1.78. The maximum absolute atomic E-state index is 13.2. The lowest BCUT2D eigenvalue weighted by Gasteiger charge is -2.09. The first-order valence-electron chi connectivity index (χ1n) is 5.92. The Morgan fingerprint density at radius 2 is 2.00 bits per heavy atom. The van der Waals surface area contributed by atoms with Gasteiger partial charge in [-0.2, -0.15) is 0 Å². The summed E-state index contributed by atoms with van der Waals surface area (Å²) >= 11 is 3.45. The van der Waals surface area contributed by atoms with Crippen LogP contribution >= 0.6 is 15.9 Å². The summed E-state index contributed by atoms with van der Waals surface area (Å²) in [5.41, 5.74) is 2.67. The molecular weight excluding hydrogens is 309 g/mol.